The monoisotopic (exact) mass is 297 g/mol. The minimum atomic E-state index is -0.320. The molecule has 0 atom stereocenters. The molecule has 1 aromatic rings. The fourth-order valence-electron chi connectivity index (χ4n) is 1.55. The number of benzene rings is 1. The molecule has 1 nitrogen and oxygen atoms in total. The zero-order valence-corrected chi connectivity index (χ0v) is 12.9. The maximum atomic E-state index is 13.8. The van der Waals surface area contributed by atoms with Crippen LogP contribution in [-0.2, 0) is 0 Å². The van der Waals surface area contributed by atoms with E-state index >= 15 is 0 Å². The molecule has 102 valence electrons. The summed E-state index contributed by atoms with van der Waals surface area (Å²) in [4.78, 5) is 0.794. The summed E-state index contributed by atoms with van der Waals surface area (Å²) in [5, 5.41) is 3.50. The highest BCUT2D eigenvalue weighted by Gasteiger charge is 2.07. The largest absolute Gasteiger partial charge is 0.353 e. The first kappa shape index (κ1) is 15.9. The second-order valence-electron chi connectivity index (χ2n) is 4.32. The van der Waals surface area contributed by atoms with Gasteiger partial charge in [0.05, 0.1) is 5.69 Å². The highest BCUT2D eigenvalue weighted by atomic mass is 35.5. The smallest absolute Gasteiger partial charge is 0.146 e. The molecule has 0 aliphatic rings. The van der Waals surface area contributed by atoms with E-state index in [-0.39, 0.29) is 5.82 Å². The van der Waals surface area contributed by atoms with Gasteiger partial charge in [-0.25, -0.2) is 4.39 Å². The Hall–Kier alpha value is -1.19. The molecule has 19 heavy (non-hydrogen) atoms. The van der Waals surface area contributed by atoms with Gasteiger partial charge >= 0.3 is 0 Å². The van der Waals surface area contributed by atoms with Crippen LogP contribution >= 0.6 is 24.2 Å². The summed E-state index contributed by atoms with van der Waals surface area (Å²) < 4.78 is 13.8. The summed E-state index contributed by atoms with van der Waals surface area (Å²) in [7, 11) is 0. The van der Waals surface area contributed by atoms with Crippen molar-refractivity contribution in [1.82, 2.24) is 0 Å². The van der Waals surface area contributed by atoms with Crippen LogP contribution in [-0.4, -0.2) is 0 Å². The van der Waals surface area contributed by atoms with E-state index in [0.29, 0.717) is 22.0 Å². The van der Waals surface area contributed by atoms with E-state index in [0.717, 1.165) is 10.5 Å². The Bertz CT molecular complexity index is 553. The number of hydrogen-bond acceptors (Lipinski definition) is 2. The van der Waals surface area contributed by atoms with Crippen molar-refractivity contribution < 1.29 is 4.39 Å². The van der Waals surface area contributed by atoms with Crippen LogP contribution in [0.3, 0.4) is 0 Å². The normalized spacial score (nSPS) is 13.1. The van der Waals surface area contributed by atoms with E-state index in [1.165, 1.54) is 6.07 Å². The molecule has 1 aromatic carbocycles. The Labute approximate surface area is 124 Å². The molecule has 0 saturated heterocycles. The third-order valence-electron chi connectivity index (χ3n) is 2.46. The predicted molar refractivity (Wildman–Crippen MR) is 85.2 cm³/mol. The molecule has 1 rings (SSSR count). The molecular formula is C15H17ClFNS. The van der Waals surface area contributed by atoms with E-state index in [9.17, 15) is 4.39 Å². The van der Waals surface area contributed by atoms with Crippen molar-refractivity contribution >= 4 is 29.9 Å². The lowest BCUT2D eigenvalue weighted by Crippen LogP contribution is -2.03. The SMILES string of the molecule is C=C(Nc1ccc(C)cc1F)C(/C=C(/C)S)=C(/C)Cl. The Morgan fingerprint density at radius 3 is 2.53 bits per heavy atom. The molecule has 0 aliphatic carbocycles. The van der Waals surface area contributed by atoms with Crippen molar-refractivity contribution in [2.24, 2.45) is 0 Å². The van der Waals surface area contributed by atoms with Gasteiger partial charge in [-0.2, -0.15) is 0 Å². The highest BCUT2D eigenvalue weighted by Crippen LogP contribution is 2.24. The summed E-state index contributed by atoms with van der Waals surface area (Å²) in [6, 6.07) is 4.97. The molecule has 0 heterocycles. The number of allylic oxidation sites excluding steroid dienone is 3. The van der Waals surface area contributed by atoms with Gasteiger partial charge in [-0.1, -0.05) is 24.2 Å². The Morgan fingerprint density at radius 2 is 2.05 bits per heavy atom. The summed E-state index contributed by atoms with van der Waals surface area (Å²) in [6.07, 6.45) is 1.78. The van der Waals surface area contributed by atoms with Gasteiger partial charge in [0.1, 0.15) is 5.82 Å². The maximum Gasteiger partial charge on any atom is 0.146 e. The lowest BCUT2D eigenvalue weighted by Gasteiger charge is -2.13. The number of nitrogens with one attached hydrogen (secondary N) is 1. The van der Waals surface area contributed by atoms with E-state index in [1.807, 2.05) is 19.9 Å². The number of thiol groups is 1. The zero-order chi connectivity index (χ0) is 14.6. The first-order chi connectivity index (χ1) is 8.81. The quantitative estimate of drug-likeness (QED) is 0.559. The van der Waals surface area contributed by atoms with Crippen LogP contribution in [0.1, 0.15) is 19.4 Å². The third kappa shape index (κ3) is 4.77. The molecule has 0 aromatic heterocycles. The Morgan fingerprint density at radius 1 is 1.42 bits per heavy atom. The second kappa shape index (κ2) is 6.83. The van der Waals surface area contributed by atoms with Crippen molar-refractivity contribution in [2.45, 2.75) is 20.8 Å². The van der Waals surface area contributed by atoms with E-state index in [2.05, 4.69) is 24.5 Å². The lowest BCUT2D eigenvalue weighted by atomic mass is 10.1. The van der Waals surface area contributed by atoms with E-state index < -0.39 is 0 Å². The number of rotatable bonds is 4. The third-order valence-corrected chi connectivity index (χ3v) is 2.79. The molecule has 0 spiro atoms. The van der Waals surface area contributed by atoms with Crippen LogP contribution in [0, 0.1) is 12.7 Å². The van der Waals surface area contributed by atoms with Gasteiger partial charge < -0.3 is 5.32 Å². The summed E-state index contributed by atoms with van der Waals surface area (Å²) in [6.45, 7) is 9.31. The molecule has 0 bridgehead atoms. The number of anilines is 1. The summed E-state index contributed by atoms with van der Waals surface area (Å²) >= 11 is 10.2. The average Bonchev–Trinajstić information content (AvgIpc) is 2.29. The Kier molecular flexibility index (Phi) is 5.70. The van der Waals surface area contributed by atoms with Gasteiger partial charge in [-0.3, -0.25) is 0 Å². The van der Waals surface area contributed by atoms with Crippen LogP contribution in [0.25, 0.3) is 0 Å². The number of aryl methyl sites for hydroxylation is 1. The van der Waals surface area contributed by atoms with Crippen molar-refractivity contribution in [2.75, 3.05) is 5.32 Å². The first-order valence-corrected chi connectivity index (χ1v) is 6.60. The van der Waals surface area contributed by atoms with E-state index in [1.54, 1.807) is 19.1 Å². The zero-order valence-electron chi connectivity index (χ0n) is 11.2. The minimum absolute atomic E-state index is 0.320. The molecule has 0 aliphatic heterocycles. The molecule has 0 amide bonds. The number of hydrogen-bond donors (Lipinski definition) is 2. The molecule has 0 saturated carbocycles. The Balaban J connectivity index is 3.02. The predicted octanol–water partition coefficient (Wildman–Crippen LogP) is 5.41. The highest BCUT2D eigenvalue weighted by molar-refractivity contribution is 7.84. The molecule has 4 heteroatoms. The van der Waals surface area contributed by atoms with Gasteiger partial charge in [-0.05, 0) is 49.4 Å². The van der Waals surface area contributed by atoms with Crippen molar-refractivity contribution in [3.05, 3.63) is 63.4 Å². The van der Waals surface area contributed by atoms with Crippen LogP contribution in [0.5, 0.6) is 0 Å². The van der Waals surface area contributed by atoms with Crippen molar-refractivity contribution in [1.29, 1.82) is 0 Å². The molecule has 0 fully saturated rings. The molecule has 0 unspecified atom stereocenters. The van der Waals surface area contributed by atoms with Gasteiger partial charge in [-0.15, -0.1) is 12.6 Å². The maximum absolute atomic E-state index is 13.8. The van der Waals surface area contributed by atoms with Gasteiger partial charge in [0.25, 0.3) is 0 Å². The number of halogens is 2. The molecule has 1 N–H and O–H groups in total. The van der Waals surface area contributed by atoms with Gasteiger partial charge in [0.2, 0.25) is 0 Å². The van der Waals surface area contributed by atoms with Gasteiger partial charge in [0, 0.05) is 16.3 Å². The molecular weight excluding hydrogens is 281 g/mol. The standard InChI is InChI=1S/C15H17ClFNS/c1-9-5-6-15(14(17)7-9)18-12(4)13(11(3)16)8-10(2)19/h5-8,18-19H,4H2,1-3H3/b10-8-,13-11-. The fourth-order valence-corrected chi connectivity index (χ4v) is 1.85. The van der Waals surface area contributed by atoms with Crippen LogP contribution in [0.2, 0.25) is 0 Å². The first-order valence-electron chi connectivity index (χ1n) is 5.77. The average molecular weight is 298 g/mol. The van der Waals surface area contributed by atoms with Crippen LogP contribution in [0.4, 0.5) is 10.1 Å². The van der Waals surface area contributed by atoms with Crippen LogP contribution < -0.4 is 5.32 Å². The molecule has 0 radical (unpaired) electrons. The summed E-state index contributed by atoms with van der Waals surface area (Å²) in [5.41, 5.74) is 2.47. The van der Waals surface area contributed by atoms with Gasteiger partial charge in [0.15, 0.2) is 0 Å². The van der Waals surface area contributed by atoms with E-state index in [4.69, 9.17) is 11.6 Å². The van der Waals surface area contributed by atoms with Crippen LogP contribution in [0.15, 0.2) is 52.1 Å². The second-order valence-corrected chi connectivity index (χ2v) is 5.59. The topological polar surface area (TPSA) is 12.0 Å². The fraction of sp³-hybridized carbons (Fsp3) is 0.200. The lowest BCUT2D eigenvalue weighted by molar-refractivity contribution is 0.630. The van der Waals surface area contributed by atoms with Crippen molar-refractivity contribution in [3.8, 4) is 0 Å². The minimum Gasteiger partial charge on any atom is -0.353 e. The summed E-state index contributed by atoms with van der Waals surface area (Å²) in [5.74, 6) is -0.320. The van der Waals surface area contributed by atoms with Crippen molar-refractivity contribution in [3.63, 3.8) is 0 Å².